The molecule has 0 spiro atoms. The summed E-state index contributed by atoms with van der Waals surface area (Å²) in [7, 11) is 0. The summed E-state index contributed by atoms with van der Waals surface area (Å²) in [5.74, 6) is -0.612. The summed E-state index contributed by atoms with van der Waals surface area (Å²) in [5, 5.41) is 9.62. The van der Waals surface area contributed by atoms with Crippen LogP contribution in [0.3, 0.4) is 0 Å². The number of aliphatic hydroxyl groups excluding tert-OH is 1. The summed E-state index contributed by atoms with van der Waals surface area (Å²) in [6, 6.07) is 0. The van der Waals surface area contributed by atoms with Crippen LogP contribution < -0.4 is 0 Å². The molecule has 0 bridgehead atoms. The smallest absolute Gasteiger partial charge is 0.306 e. The van der Waals surface area contributed by atoms with Crippen LogP contribution in [-0.2, 0) is 19.1 Å². The van der Waals surface area contributed by atoms with Crippen LogP contribution in [0, 0.1) is 0 Å². The third-order valence-corrected chi connectivity index (χ3v) is 11.1. The van der Waals surface area contributed by atoms with Crippen molar-refractivity contribution in [1.82, 2.24) is 0 Å². The second-order valence-corrected chi connectivity index (χ2v) is 17.2. The van der Waals surface area contributed by atoms with Crippen molar-refractivity contribution in [2.75, 3.05) is 13.2 Å². The van der Waals surface area contributed by atoms with Gasteiger partial charge in [0.25, 0.3) is 0 Å². The Bertz CT molecular complexity index is 1280. The summed E-state index contributed by atoms with van der Waals surface area (Å²) in [4.78, 5) is 24.4. The van der Waals surface area contributed by atoms with Gasteiger partial charge >= 0.3 is 11.9 Å². The lowest BCUT2D eigenvalue weighted by atomic mass is 10.0. The molecule has 1 unspecified atom stereocenters. The predicted molar refractivity (Wildman–Crippen MR) is 279 cm³/mol. The van der Waals surface area contributed by atoms with Gasteiger partial charge in [-0.2, -0.15) is 0 Å². The molecule has 0 aromatic heterocycles. The van der Waals surface area contributed by atoms with Crippen molar-refractivity contribution >= 4 is 11.9 Å². The van der Waals surface area contributed by atoms with Crippen molar-refractivity contribution < 1.29 is 24.2 Å². The third-order valence-electron chi connectivity index (χ3n) is 11.1. The van der Waals surface area contributed by atoms with Gasteiger partial charge in [0.2, 0.25) is 0 Å². The maximum atomic E-state index is 12.3. The Labute approximate surface area is 395 Å². The molecule has 0 radical (unpaired) electrons. The number of ether oxygens (including phenoxy) is 2. The largest absolute Gasteiger partial charge is 0.462 e. The van der Waals surface area contributed by atoms with E-state index in [0.29, 0.717) is 12.8 Å². The average molecular weight is 887 g/mol. The summed E-state index contributed by atoms with van der Waals surface area (Å²) in [6.07, 6.45) is 77.7. The molecular weight excluding hydrogens is 789 g/mol. The van der Waals surface area contributed by atoms with Crippen molar-refractivity contribution in [2.24, 2.45) is 0 Å². The Hall–Kier alpha value is -3.44. The van der Waals surface area contributed by atoms with Gasteiger partial charge < -0.3 is 14.6 Å². The Morgan fingerprint density at radius 2 is 0.625 bits per heavy atom. The molecule has 64 heavy (non-hydrogen) atoms. The minimum atomic E-state index is -0.784. The van der Waals surface area contributed by atoms with Crippen molar-refractivity contribution in [1.29, 1.82) is 0 Å². The third kappa shape index (κ3) is 51.2. The first-order valence-corrected chi connectivity index (χ1v) is 26.4. The molecule has 0 aromatic carbocycles. The number of rotatable bonds is 47. The molecule has 0 rings (SSSR count). The Kier molecular flexibility index (Phi) is 51.0. The van der Waals surface area contributed by atoms with E-state index in [0.717, 1.165) is 109 Å². The van der Waals surface area contributed by atoms with Crippen LogP contribution in [0.15, 0.2) is 109 Å². The highest BCUT2D eigenvalue weighted by Crippen LogP contribution is 2.15. The standard InChI is InChI=1S/C59H98O5/c1-3-5-7-9-11-13-15-17-19-20-21-22-23-24-25-26-27-28-29-30-31-32-33-34-35-36-37-38-40-42-44-46-48-50-52-54-59(62)64-57(55-60)56-63-58(61)53-51-49-47-45-43-41-39-18-16-14-12-10-8-6-4-2/h5-8,11-14,17-19,21-22,24-25,27-28,39,57,60H,3-4,9-10,15-16,20,23,26,29-38,40-56H2,1-2H3/b7-5-,8-6-,13-11-,14-12-,19-17-,22-21-,25-24-,28-27-,39-18-. The molecule has 0 aliphatic rings. The molecule has 1 atom stereocenters. The Morgan fingerprint density at radius 1 is 0.359 bits per heavy atom. The monoisotopic (exact) mass is 887 g/mol. The lowest BCUT2D eigenvalue weighted by molar-refractivity contribution is -0.161. The fraction of sp³-hybridized carbons (Fsp3) is 0.661. The minimum absolute atomic E-state index is 0.0785. The molecule has 0 fully saturated rings. The van der Waals surface area contributed by atoms with Crippen molar-refractivity contribution in [3.8, 4) is 0 Å². The Morgan fingerprint density at radius 3 is 0.938 bits per heavy atom. The first-order valence-electron chi connectivity index (χ1n) is 26.4. The first kappa shape index (κ1) is 60.6. The van der Waals surface area contributed by atoms with Crippen LogP contribution in [0.2, 0.25) is 0 Å². The number of allylic oxidation sites excluding steroid dienone is 18. The van der Waals surface area contributed by atoms with Gasteiger partial charge in [0.15, 0.2) is 6.10 Å². The molecule has 0 aromatic rings. The number of hydrogen-bond acceptors (Lipinski definition) is 5. The molecule has 0 aliphatic carbocycles. The zero-order valence-corrected chi connectivity index (χ0v) is 41.5. The lowest BCUT2D eigenvalue weighted by Gasteiger charge is -2.15. The van der Waals surface area contributed by atoms with Crippen LogP contribution in [0.1, 0.15) is 232 Å². The lowest BCUT2D eigenvalue weighted by Crippen LogP contribution is -2.28. The van der Waals surface area contributed by atoms with Gasteiger partial charge in [0, 0.05) is 12.8 Å². The normalized spacial score (nSPS) is 13.1. The molecule has 0 amide bonds. The highest BCUT2D eigenvalue weighted by Gasteiger charge is 2.16. The van der Waals surface area contributed by atoms with Gasteiger partial charge in [0.05, 0.1) is 6.61 Å². The zero-order chi connectivity index (χ0) is 46.3. The molecule has 364 valence electrons. The summed E-state index contributed by atoms with van der Waals surface area (Å²) < 4.78 is 10.7. The fourth-order valence-corrected chi connectivity index (χ4v) is 7.16. The number of unbranched alkanes of at least 4 members (excludes halogenated alkanes) is 21. The van der Waals surface area contributed by atoms with Crippen LogP contribution in [0.25, 0.3) is 0 Å². The highest BCUT2D eigenvalue weighted by atomic mass is 16.6. The van der Waals surface area contributed by atoms with Gasteiger partial charge in [-0.15, -0.1) is 0 Å². The van der Waals surface area contributed by atoms with Gasteiger partial charge in [-0.25, -0.2) is 0 Å². The van der Waals surface area contributed by atoms with E-state index in [2.05, 4.69) is 123 Å². The number of aliphatic hydroxyl groups is 1. The molecule has 5 heteroatoms. The number of hydrogen-bond donors (Lipinski definition) is 1. The average Bonchev–Trinajstić information content (AvgIpc) is 3.30. The minimum Gasteiger partial charge on any atom is -0.462 e. The summed E-state index contributed by atoms with van der Waals surface area (Å²) in [5.41, 5.74) is 0. The fourth-order valence-electron chi connectivity index (χ4n) is 7.16. The van der Waals surface area contributed by atoms with E-state index in [1.165, 1.54) is 96.3 Å². The first-order chi connectivity index (χ1) is 31.6. The van der Waals surface area contributed by atoms with E-state index in [4.69, 9.17) is 9.47 Å². The topological polar surface area (TPSA) is 72.8 Å². The van der Waals surface area contributed by atoms with Crippen molar-refractivity contribution in [3.05, 3.63) is 109 Å². The van der Waals surface area contributed by atoms with Crippen LogP contribution >= 0.6 is 0 Å². The van der Waals surface area contributed by atoms with E-state index < -0.39 is 6.10 Å². The van der Waals surface area contributed by atoms with E-state index in [1.54, 1.807) is 0 Å². The van der Waals surface area contributed by atoms with Crippen LogP contribution in [0.5, 0.6) is 0 Å². The quantitative estimate of drug-likeness (QED) is 0.0374. The van der Waals surface area contributed by atoms with Gasteiger partial charge in [0.1, 0.15) is 6.61 Å². The zero-order valence-electron chi connectivity index (χ0n) is 41.5. The molecule has 0 saturated heterocycles. The summed E-state index contributed by atoms with van der Waals surface area (Å²) in [6.45, 7) is 3.90. The van der Waals surface area contributed by atoms with Gasteiger partial charge in [-0.05, 0) is 96.3 Å². The molecular formula is C59H98O5. The van der Waals surface area contributed by atoms with Gasteiger partial charge in [-0.1, -0.05) is 232 Å². The highest BCUT2D eigenvalue weighted by molar-refractivity contribution is 5.70. The van der Waals surface area contributed by atoms with E-state index >= 15 is 0 Å². The van der Waals surface area contributed by atoms with Crippen molar-refractivity contribution in [3.63, 3.8) is 0 Å². The number of carbonyl (C=O) groups excluding carboxylic acids is 2. The maximum absolute atomic E-state index is 12.3. The van der Waals surface area contributed by atoms with E-state index in [9.17, 15) is 14.7 Å². The molecule has 0 heterocycles. The maximum Gasteiger partial charge on any atom is 0.306 e. The SMILES string of the molecule is CC/C=C\C/C=C\C/C=C\C/C=C\C/C=C\C/C=C\CCCCCCCCCCCCCCCCCCC(=O)OC(CO)COC(=O)CCCCCCC/C=C\C/C=C\C/C=C\CC. The van der Waals surface area contributed by atoms with Crippen LogP contribution in [0.4, 0.5) is 0 Å². The molecule has 5 nitrogen and oxygen atoms in total. The molecule has 0 aliphatic heterocycles. The predicted octanol–water partition coefficient (Wildman–Crippen LogP) is 17.7. The van der Waals surface area contributed by atoms with Gasteiger partial charge in [-0.3, -0.25) is 9.59 Å². The second kappa shape index (κ2) is 53.9. The van der Waals surface area contributed by atoms with Crippen LogP contribution in [-0.4, -0.2) is 36.4 Å². The molecule has 1 N–H and O–H groups in total. The van der Waals surface area contributed by atoms with Crippen molar-refractivity contribution in [2.45, 2.75) is 238 Å². The summed E-state index contributed by atoms with van der Waals surface area (Å²) >= 11 is 0. The van der Waals surface area contributed by atoms with E-state index in [1.807, 2.05) is 0 Å². The second-order valence-electron chi connectivity index (χ2n) is 17.2. The van der Waals surface area contributed by atoms with E-state index in [-0.39, 0.29) is 25.2 Å². The number of esters is 2. The number of carbonyl (C=O) groups is 2. The molecule has 0 saturated carbocycles. The Balaban J connectivity index is 3.50.